The second-order valence-corrected chi connectivity index (χ2v) is 5.78. The summed E-state index contributed by atoms with van der Waals surface area (Å²) in [4.78, 5) is 2.37. The maximum absolute atomic E-state index is 5.72. The van der Waals surface area contributed by atoms with Crippen LogP contribution in [0.5, 0.6) is 0 Å². The van der Waals surface area contributed by atoms with Gasteiger partial charge in [0.1, 0.15) is 0 Å². The molecule has 1 aromatic rings. The molecule has 0 N–H and O–H groups in total. The quantitative estimate of drug-likeness (QED) is 0.539. The van der Waals surface area contributed by atoms with Crippen molar-refractivity contribution in [2.75, 3.05) is 26.9 Å². The van der Waals surface area contributed by atoms with Crippen LogP contribution in [-0.2, 0) is 16.1 Å². The first kappa shape index (κ1) is 16.8. The summed E-state index contributed by atoms with van der Waals surface area (Å²) < 4.78 is 11.0. The van der Waals surface area contributed by atoms with Gasteiger partial charge in [-0.05, 0) is 30.9 Å². The fourth-order valence-electron chi connectivity index (χ4n) is 2.84. The Morgan fingerprint density at radius 3 is 2.86 bits per heavy atom. The molecule has 0 aromatic heterocycles. The second-order valence-electron chi connectivity index (χ2n) is 5.78. The minimum atomic E-state index is 0.464. The lowest BCUT2D eigenvalue weighted by Crippen LogP contribution is -2.32. The van der Waals surface area contributed by atoms with Crippen molar-refractivity contribution < 1.29 is 9.47 Å². The highest BCUT2D eigenvalue weighted by molar-refractivity contribution is 5.26. The zero-order valence-electron chi connectivity index (χ0n) is 13.8. The van der Waals surface area contributed by atoms with E-state index in [9.17, 15) is 0 Å². The molecule has 1 aromatic carbocycles. The van der Waals surface area contributed by atoms with Crippen molar-refractivity contribution in [3.63, 3.8) is 0 Å². The Kier molecular flexibility index (Phi) is 6.69. The van der Waals surface area contributed by atoms with Gasteiger partial charge in [0.25, 0.3) is 0 Å². The molecule has 0 spiro atoms. The van der Waals surface area contributed by atoms with Crippen molar-refractivity contribution >= 4 is 0 Å². The highest BCUT2D eigenvalue weighted by Crippen LogP contribution is 2.25. The molecular weight excluding hydrogens is 274 g/mol. The molecule has 1 aliphatic heterocycles. The monoisotopic (exact) mass is 301 g/mol. The lowest BCUT2D eigenvalue weighted by atomic mass is 10.1. The number of ether oxygens (including phenoxy) is 2. The predicted octanol–water partition coefficient (Wildman–Crippen LogP) is 3.77. The zero-order valence-corrected chi connectivity index (χ0v) is 13.8. The highest BCUT2D eigenvalue weighted by Gasteiger charge is 2.25. The minimum absolute atomic E-state index is 0.464. The van der Waals surface area contributed by atoms with Crippen LogP contribution in [0.15, 0.2) is 54.3 Å². The van der Waals surface area contributed by atoms with Crippen LogP contribution in [0.2, 0.25) is 0 Å². The minimum Gasteiger partial charge on any atom is -0.383 e. The van der Waals surface area contributed by atoms with Crippen LogP contribution in [0.4, 0.5) is 0 Å². The maximum atomic E-state index is 5.72. The van der Waals surface area contributed by atoms with E-state index in [1.165, 1.54) is 24.0 Å². The lowest BCUT2D eigenvalue weighted by molar-refractivity contribution is 0.133. The van der Waals surface area contributed by atoms with Crippen LogP contribution in [0.3, 0.4) is 0 Å². The summed E-state index contributed by atoms with van der Waals surface area (Å²) in [5.74, 6) is 0. The van der Waals surface area contributed by atoms with Crippen LogP contribution in [0.25, 0.3) is 0 Å². The summed E-state index contributed by atoms with van der Waals surface area (Å²) in [6.45, 7) is 9.47. The van der Waals surface area contributed by atoms with Gasteiger partial charge in [0.2, 0.25) is 0 Å². The van der Waals surface area contributed by atoms with Crippen LogP contribution in [0, 0.1) is 0 Å². The number of benzene rings is 1. The van der Waals surface area contributed by atoms with E-state index in [0.29, 0.717) is 19.3 Å². The molecule has 1 saturated heterocycles. The van der Waals surface area contributed by atoms with E-state index in [1.807, 2.05) is 18.2 Å². The van der Waals surface area contributed by atoms with Crippen LogP contribution < -0.4 is 0 Å². The summed E-state index contributed by atoms with van der Waals surface area (Å²) in [7, 11) is 1.76. The fourth-order valence-corrected chi connectivity index (χ4v) is 2.84. The van der Waals surface area contributed by atoms with E-state index in [2.05, 4.69) is 36.6 Å². The van der Waals surface area contributed by atoms with Crippen molar-refractivity contribution in [3.05, 3.63) is 59.8 Å². The van der Waals surface area contributed by atoms with E-state index < -0.39 is 0 Å². The molecule has 0 unspecified atom stereocenters. The van der Waals surface area contributed by atoms with Gasteiger partial charge < -0.3 is 14.4 Å². The second kappa shape index (κ2) is 8.76. The average molecular weight is 301 g/mol. The molecule has 1 fully saturated rings. The Bertz CT molecular complexity index is 495. The van der Waals surface area contributed by atoms with Gasteiger partial charge >= 0.3 is 0 Å². The molecule has 2 rings (SSSR count). The number of hydrogen-bond donors (Lipinski definition) is 0. The molecule has 0 radical (unpaired) electrons. The van der Waals surface area contributed by atoms with Crippen molar-refractivity contribution in [1.82, 2.24) is 4.90 Å². The van der Waals surface area contributed by atoms with Gasteiger partial charge in [-0.1, -0.05) is 43.0 Å². The lowest BCUT2D eigenvalue weighted by Gasteiger charge is -2.28. The number of nitrogens with zero attached hydrogens (tertiary/aromatic N) is 1. The normalized spacial score (nSPS) is 18.7. The van der Waals surface area contributed by atoms with E-state index in [-0.39, 0.29) is 0 Å². The first-order valence-electron chi connectivity index (χ1n) is 7.95. The Balaban J connectivity index is 1.79. The predicted molar refractivity (Wildman–Crippen MR) is 90.6 cm³/mol. The van der Waals surface area contributed by atoms with Crippen molar-refractivity contribution in [1.29, 1.82) is 0 Å². The molecule has 1 heterocycles. The van der Waals surface area contributed by atoms with Crippen LogP contribution in [0.1, 0.15) is 25.3 Å². The Hall–Kier alpha value is -1.58. The smallest absolute Gasteiger partial charge is 0.0721 e. The van der Waals surface area contributed by atoms with Crippen LogP contribution in [-0.4, -0.2) is 37.8 Å². The third-order valence-corrected chi connectivity index (χ3v) is 4.16. The first-order chi connectivity index (χ1) is 10.7. The molecule has 0 bridgehead atoms. The third-order valence-electron chi connectivity index (χ3n) is 4.16. The van der Waals surface area contributed by atoms with Gasteiger partial charge in [0.15, 0.2) is 0 Å². The van der Waals surface area contributed by atoms with E-state index in [4.69, 9.17) is 9.47 Å². The van der Waals surface area contributed by atoms with Gasteiger partial charge in [-0.15, -0.1) is 0 Å². The molecule has 3 heteroatoms. The number of rotatable bonds is 8. The van der Waals surface area contributed by atoms with Gasteiger partial charge in [-0.3, -0.25) is 0 Å². The Labute approximate surface area is 134 Å². The van der Waals surface area contributed by atoms with Crippen molar-refractivity contribution in [3.8, 4) is 0 Å². The van der Waals surface area contributed by atoms with Gasteiger partial charge in [-0.25, -0.2) is 0 Å². The van der Waals surface area contributed by atoms with Gasteiger partial charge in [0.05, 0.1) is 25.9 Å². The third kappa shape index (κ3) is 4.72. The van der Waals surface area contributed by atoms with E-state index in [0.717, 1.165) is 18.8 Å². The molecule has 0 saturated carbocycles. The molecule has 0 amide bonds. The van der Waals surface area contributed by atoms with E-state index >= 15 is 0 Å². The Morgan fingerprint density at radius 1 is 1.36 bits per heavy atom. The number of likely N-dealkylation sites (tertiary alicyclic amines) is 1. The fraction of sp³-hybridized carbons (Fsp3) is 0.474. The molecule has 120 valence electrons. The summed E-state index contributed by atoms with van der Waals surface area (Å²) in [5.41, 5.74) is 3.49. The number of methoxy groups -OCH3 is 1. The summed E-state index contributed by atoms with van der Waals surface area (Å²) in [5, 5.41) is 0. The standard InChI is InChI=1S/C19H27NO2/c1-16(11-13-22-14-18-8-5-4-6-9-18)17(2)20-12-7-10-19(20)15-21-3/h4-6,8-9,11,19H,2,7,10,12-15H2,1,3H3/b16-11+/t19-/m0/s1. The summed E-state index contributed by atoms with van der Waals surface area (Å²) in [6.07, 6.45) is 4.52. The topological polar surface area (TPSA) is 21.7 Å². The van der Waals surface area contributed by atoms with Gasteiger partial charge in [0, 0.05) is 19.4 Å². The van der Waals surface area contributed by atoms with Crippen molar-refractivity contribution in [2.45, 2.75) is 32.4 Å². The highest BCUT2D eigenvalue weighted by atomic mass is 16.5. The summed E-state index contributed by atoms with van der Waals surface area (Å²) in [6, 6.07) is 10.7. The molecule has 1 aliphatic rings. The maximum Gasteiger partial charge on any atom is 0.0721 e. The average Bonchev–Trinajstić information content (AvgIpc) is 3.00. The van der Waals surface area contributed by atoms with E-state index in [1.54, 1.807) is 7.11 Å². The molecule has 1 atom stereocenters. The molecular formula is C19H27NO2. The number of hydrogen-bond acceptors (Lipinski definition) is 3. The number of allylic oxidation sites excluding steroid dienone is 1. The van der Waals surface area contributed by atoms with Gasteiger partial charge in [-0.2, -0.15) is 0 Å². The first-order valence-corrected chi connectivity index (χ1v) is 7.95. The SMILES string of the molecule is C=C(/C(C)=C/COCc1ccccc1)N1CCC[C@H]1COC. The largest absolute Gasteiger partial charge is 0.383 e. The Morgan fingerprint density at radius 2 is 2.14 bits per heavy atom. The molecule has 0 aliphatic carbocycles. The van der Waals surface area contributed by atoms with Crippen molar-refractivity contribution in [2.24, 2.45) is 0 Å². The molecule has 22 heavy (non-hydrogen) atoms. The summed E-state index contributed by atoms with van der Waals surface area (Å²) >= 11 is 0. The zero-order chi connectivity index (χ0) is 15.8. The molecule has 3 nitrogen and oxygen atoms in total. The van der Waals surface area contributed by atoms with Crippen LogP contribution >= 0.6 is 0 Å².